The fraction of sp³-hybridized carbons (Fsp3) is 0.188. The van der Waals surface area contributed by atoms with Crippen molar-refractivity contribution in [1.29, 1.82) is 0 Å². The quantitative estimate of drug-likeness (QED) is 0.868. The Morgan fingerprint density at radius 2 is 1.91 bits per heavy atom. The maximum atomic E-state index is 13.9. The molecule has 0 aromatic heterocycles. The van der Waals surface area contributed by atoms with Crippen LogP contribution in [0.25, 0.3) is 0 Å². The first-order valence-corrected chi connectivity index (χ1v) is 7.56. The van der Waals surface area contributed by atoms with Crippen LogP contribution in [0, 0.1) is 11.6 Å². The minimum Gasteiger partial charge on any atom is -0.354 e. The van der Waals surface area contributed by atoms with Gasteiger partial charge in [-0.15, -0.1) is 0 Å². The largest absolute Gasteiger partial charge is 0.354 e. The Hall–Kier alpha value is -1.95. The van der Waals surface area contributed by atoms with E-state index in [9.17, 15) is 13.6 Å². The summed E-state index contributed by atoms with van der Waals surface area (Å²) >= 11 is 3.38. The summed E-state index contributed by atoms with van der Waals surface area (Å²) in [4.78, 5) is 13.8. The highest BCUT2D eigenvalue weighted by molar-refractivity contribution is 9.10. The minimum absolute atomic E-state index is 0.0173. The lowest BCUT2D eigenvalue weighted by molar-refractivity contribution is -0.117. The molecule has 0 aliphatic carbocycles. The predicted octanol–water partition coefficient (Wildman–Crippen LogP) is 4.07. The molecule has 1 aliphatic rings. The number of amides is 1. The lowest BCUT2D eigenvalue weighted by Crippen LogP contribution is -2.46. The van der Waals surface area contributed by atoms with Crippen molar-refractivity contribution in [3.8, 4) is 0 Å². The molecule has 0 saturated heterocycles. The summed E-state index contributed by atoms with van der Waals surface area (Å²) in [5.41, 5.74) is 1.31. The van der Waals surface area contributed by atoms with Crippen molar-refractivity contribution in [2.75, 3.05) is 10.2 Å². The number of hydrogen-bond acceptors (Lipinski definition) is 2. The first-order valence-electron chi connectivity index (χ1n) is 6.77. The number of benzene rings is 2. The number of carbonyl (C=O) groups excluding carboxylic acids is 1. The van der Waals surface area contributed by atoms with E-state index in [1.807, 2.05) is 6.07 Å². The van der Waals surface area contributed by atoms with Crippen LogP contribution in [0.5, 0.6) is 0 Å². The van der Waals surface area contributed by atoms with Crippen LogP contribution >= 0.6 is 15.9 Å². The predicted molar refractivity (Wildman–Crippen MR) is 84.8 cm³/mol. The van der Waals surface area contributed by atoms with Crippen molar-refractivity contribution in [2.24, 2.45) is 0 Å². The summed E-state index contributed by atoms with van der Waals surface area (Å²) in [7, 11) is 0. The molecule has 1 N–H and O–H groups in total. The van der Waals surface area contributed by atoms with Crippen LogP contribution in [-0.2, 0) is 11.3 Å². The zero-order valence-corrected chi connectivity index (χ0v) is 13.3. The van der Waals surface area contributed by atoms with Crippen LogP contribution in [0.1, 0.15) is 12.5 Å². The average Bonchev–Trinajstić information content (AvgIpc) is 2.47. The Morgan fingerprint density at radius 1 is 1.23 bits per heavy atom. The molecule has 2 aromatic rings. The number of rotatable bonds is 2. The lowest BCUT2D eigenvalue weighted by Gasteiger charge is -2.36. The van der Waals surface area contributed by atoms with Gasteiger partial charge in [-0.2, -0.15) is 0 Å². The second-order valence-corrected chi connectivity index (χ2v) is 6.07. The van der Waals surface area contributed by atoms with Crippen LogP contribution in [0.2, 0.25) is 0 Å². The van der Waals surface area contributed by atoms with Crippen molar-refractivity contribution in [3.63, 3.8) is 0 Å². The van der Waals surface area contributed by atoms with Crippen molar-refractivity contribution < 1.29 is 13.6 Å². The Kier molecular flexibility index (Phi) is 3.87. The summed E-state index contributed by atoms with van der Waals surface area (Å²) in [5.74, 6) is -1.43. The van der Waals surface area contributed by atoms with E-state index in [0.717, 1.165) is 10.2 Å². The van der Waals surface area contributed by atoms with Crippen molar-refractivity contribution in [1.82, 2.24) is 0 Å². The smallest absolute Gasteiger partial charge is 0.246 e. The molecule has 0 bridgehead atoms. The topological polar surface area (TPSA) is 32.3 Å². The first-order chi connectivity index (χ1) is 10.5. The molecule has 6 heteroatoms. The summed E-state index contributed by atoms with van der Waals surface area (Å²) < 4.78 is 28.6. The standard InChI is InChI=1S/C16H13BrF2N2O/c1-9-16(22)20-14-6-5-10(17)7-15(14)21(9)8-11-12(18)3-2-4-13(11)19/h2-7,9H,8H2,1H3,(H,20,22). The Balaban J connectivity index is 2.06. The molecule has 1 aliphatic heterocycles. The van der Waals surface area contributed by atoms with Crippen molar-refractivity contribution in [2.45, 2.75) is 19.5 Å². The van der Waals surface area contributed by atoms with E-state index in [0.29, 0.717) is 5.69 Å². The number of halogens is 3. The van der Waals surface area contributed by atoms with Gasteiger partial charge in [0.2, 0.25) is 5.91 Å². The Bertz CT molecular complexity index is 731. The normalized spacial score (nSPS) is 17.2. The molecule has 0 saturated carbocycles. The third-order valence-corrected chi connectivity index (χ3v) is 4.26. The number of anilines is 2. The zero-order valence-electron chi connectivity index (χ0n) is 11.7. The molecule has 114 valence electrons. The Labute approximate surface area is 135 Å². The number of nitrogens with one attached hydrogen (secondary N) is 1. The second-order valence-electron chi connectivity index (χ2n) is 5.15. The summed E-state index contributed by atoms with van der Waals surface area (Å²) in [6, 6.07) is 8.62. The maximum absolute atomic E-state index is 13.9. The SMILES string of the molecule is CC1C(=O)Nc2ccc(Br)cc2N1Cc1c(F)cccc1F. The summed E-state index contributed by atoms with van der Waals surface area (Å²) in [6.45, 7) is 1.69. The van der Waals surface area contributed by atoms with Crippen LogP contribution in [0.15, 0.2) is 40.9 Å². The third-order valence-electron chi connectivity index (χ3n) is 3.76. The highest BCUT2D eigenvalue weighted by Crippen LogP contribution is 2.36. The second kappa shape index (κ2) is 5.68. The van der Waals surface area contributed by atoms with Gasteiger partial charge in [0.25, 0.3) is 0 Å². The number of fused-ring (bicyclic) bond motifs is 1. The molecular formula is C16H13BrF2N2O. The lowest BCUT2D eigenvalue weighted by atomic mass is 10.1. The number of nitrogens with zero attached hydrogens (tertiary/aromatic N) is 1. The molecule has 22 heavy (non-hydrogen) atoms. The molecule has 1 amide bonds. The summed E-state index contributed by atoms with van der Waals surface area (Å²) in [6.07, 6.45) is 0. The van der Waals surface area contributed by atoms with Gasteiger partial charge in [0.1, 0.15) is 17.7 Å². The first kappa shape index (κ1) is 15.0. The van der Waals surface area contributed by atoms with E-state index < -0.39 is 17.7 Å². The van der Waals surface area contributed by atoms with Gasteiger partial charge < -0.3 is 10.2 Å². The number of carbonyl (C=O) groups is 1. The zero-order chi connectivity index (χ0) is 15.9. The average molecular weight is 367 g/mol. The molecule has 2 aromatic carbocycles. The van der Waals surface area contributed by atoms with Crippen molar-refractivity contribution >= 4 is 33.2 Å². The van der Waals surface area contributed by atoms with E-state index in [-0.39, 0.29) is 18.0 Å². The molecule has 0 spiro atoms. The molecule has 3 nitrogen and oxygen atoms in total. The van der Waals surface area contributed by atoms with Gasteiger partial charge in [-0.05, 0) is 37.3 Å². The van der Waals surface area contributed by atoms with Gasteiger partial charge in [0.05, 0.1) is 11.4 Å². The minimum atomic E-state index is -0.616. The highest BCUT2D eigenvalue weighted by atomic mass is 79.9. The van der Waals surface area contributed by atoms with E-state index in [2.05, 4.69) is 21.2 Å². The van der Waals surface area contributed by atoms with Gasteiger partial charge in [-0.25, -0.2) is 8.78 Å². The van der Waals surface area contributed by atoms with Gasteiger partial charge in [0, 0.05) is 16.6 Å². The Morgan fingerprint density at radius 3 is 2.59 bits per heavy atom. The van der Waals surface area contributed by atoms with Gasteiger partial charge in [-0.1, -0.05) is 22.0 Å². The van der Waals surface area contributed by atoms with E-state index >= 15 is 0 Å². The van der Waals surface area contributed by atoms with Crippen LogP contribution in [0.3, 0.4) is 0 Å². The van der Waals surface area contributed by atoms with Crippen LogP contribution in [-0.4, -0.2) is 11.9 Å². The molecule has 0 radical (unpaired) electrons. The molecule has 0 fully saturated rings. The monoisotopic (exact) mass is 366 g/mol. The molecular weight excluding hydrogens is 354 g/mol. The molecule has 1 heterocycles. The highest BCUT2D eigenvalue weighted by Gasteiger charge is 2.30. The van der Waals surface area contributed by atoms with E-state index in [4.69, 9.17) is 0 Å². The fourth-order valence-corrected chi connectivity index (χ4v) is 2.86. The summed E-state index contributed by atoms with van der Waals surface area (Å²) in [5, 5.41) is 2.79. The fourth-order valence-electron chi connectivity index (χ4n) is 2.51. The molecule has 3 rings (SSSR count). The van der Waals surface area contributed by atoms with Crippen LogP contribution in [0.4, 0.5) is 20.2 Å². The molecule has 1 unspecified atom stereocenters. The van der Waals surface area contributed by atoms with Gasteiger partial charge in [0.15, 0.2) is 0 Å². The number of hydrogen-bond donors (Lipinski definition) is 1. The van der Waals surface area contributed by atoms with Gasteiger partial charge >= 0.3 is 0 Å². The van der Waals surface area contributed by atoms with Crippen molar-refractivity contribution in [3.05, 3.63) is 58.1 Å². The van der Waals surface area contributed by atoms with Crippen LogP contribution < -0.4 is 10.2 Å². The third kappa shape index (κ3) is 2.59. The van der Waals surface area contributed by atoms with Gasteiger partial charge in [-0.3, -0.25) is 4.79 Å². The molecule has 1 atom stereocenters. The van der Waals surface area contributed by atoms with E-state index in [1.165, 1.54) is 18.2 Å². The maximum Gasteiger partial charge on any atom is 0.246 e. The van der Waals surface area contributed by atoms with E-state index in [1.54, 1.807) is 24.0 Å².